The highest BCUT2D eigenvalue weighted by Crippen LogP contribution is 2.18. The van der Waals surface area contributed by atoms with E-state index in [-0.39, 0.29) is 5.41 Å². The standard InChI is InChI=1S/C7H14O/c1-7(2,3)5-6-8-4/h6H,1,5H2,2-4H3. The van der Waals surface area contributed by atoms with Gasteiger partial charge in [0.25, 0.3) is 0 Å². The molecule has 0 aromatic rings. The smallest absolute Gasteiger partial charge is 0.0838 e. The van der Waals surface area contributed by atoms with Gasteiger partial charge in [0.1, 0.15) is 0 Å². The molecule has 0 saturated carbocycles. The fourth-order valence-electron chi connectivity index (χ4n) is 0.309. The summed E-state index contributed by atoms with van der Waals surface area (Å²) in [5, 5.41) is 0. The maximum atomic E-state index is 4.75. The van der Waals surface area contributed by atoms with Crippen LogP contribution in [0, 0.1) is 18.9 Å². The minimum Gasteiger partial charge on any atom is -0.379 e. The van der Waals surface area contributed by atoms with E-state index in [1.807, 2.05) is 0 Å². The van der Waals surface area contributed by atoms with E-state index in [1.54, 1.807) is 13.7 Å². The van der Waals surface area contributed by atoms with Gasteiger partial charge in [0.15, 0.2) is 0 Å². The summed E-state index contributed by atoms with van der Waals surface area (Å²) in [7, 11) is 1.66. The van der Waals surface area contributed by atoms with Gasteiger partial charge in [-0.3, -0.25) is 0 Å². The zero-order valence-electron chi connectivity index (χ0n) is 5.90. The van der Waals surface area contributed by atoms with E-state index in [1.165, 1.54) is 0 Å². The van der Waals surface area contributed by atoms with Crippen molar-refractivity contribution in [2.75, 3.05) is 7.11 Å². The minimum absolute atomic E-state index is 0.121. The van der Waals surface area contributed by atoms with Crippen LogP contribution in [0.4, 0.5) is 0 Å². The van der Waals surface area contributed by atoms with Gasteiger partial charge in [0.2, 0.25) is 0 Å². The van der Waals surface area contributed by atoms with E-state index in [0.717, 1.165) is 6.42 Å². The van der Waals surface area contributed by atoms with E-state index < -0.39 is 0 Å². The Morgan fingerprint density at radius 3 is 2.25 bits per heavy atom. The summed E-state index contributed by atoms with van der Waals surface area (Å²) >= 11 is 0. The Balaban J connectivity index is 3.11. The molecule has 0 rings (SSSR count). The zero-order valence-corrected chi connectivity index (χ0v) is 5.90. The predicted octanol–water partition coefficient (Wildman–Crippen LogP) is 2.04. The van der Waals surface area contributed by atoms with E-state index in [2.05, 4.69) is 20.8 Å². The quantitative estimate of drug-likeness (QED) is 0.545. The first-order valence-electron chi connectivity index (χ1n) is 2.76. The monoisotopic (exact) mass is 114 g/mol. The van der Waals surface area contributed by atoms with Gasteiger partial charge in [-0.15, -0.1) is 0 Å². The maximum absolute atomic E-state index is 4.75. The lowest BCUT2D eigenvalue weighted by molar-refractivity contribution is 0.236. The third kappa shape index (κ3) is 5.96. The molecule has 0 aliphatic rings. The highest BCUT2D eigenvalue weighted by Gasteiger charge is 2.08. The van der Waals surface area contributed by atoms with Gasteiger partial charge in [0, 0.05) is 7.11 Å². The molecular formula is C7H14O. The summed E-state index contributed by atoms with van der Waals surface area (Å²) in [5.74, 6) is 0. The SMILES string of the molecule is [CH2]C(C)(C)C[CH]OC. The molecule has 0 spiro atoms. The highest BCUT2D eigenvalue weighted by molar-refractivity contribution is 4.73. The summed E-state index contributed by atoms with van der Waals surface area (Å²) in [6.45, 7) is 9.81. The van der Waals surface area contributed by atoms with Crippen LogP contribution in [0.15, 0.2) is 0 Å². The molecule has 1 heteroatoms. The van der Waals surface area contributed by atoms with Crippen LogP contribution < -0.4 is 0 Å². The molecule has 0 unspecified atom stereocenters. The Bertz CT molecular complexity index is 51.9. The van der Waals surface area contributed by atoms with Crippen molar-refractivity contribution in [3.63, 3.8) is 0 Å². The van der Waals surface area contributed by atoms with Crippen molar-refractivity contribution in [3.8, 4) is 0 Å². The molecule has 0 aliphatic heterocycles. The van der Waals surface area contributed by atoms with Crippen LogP contribution in [-0.2, 0) is 4.74 Å². The molecule has 0 fully saturated rings. The molecule has 0 bridgehead atoms. The second-order valence-electron chi connectivity index (χ2n) is 2.77. The molecule has 0 aromatic carbocycles. The summed E-state index contributed by atoms with van der Waals surface area (Å²) < 4.78 is 4.75. The summed E-state index contributed by atoms with van der Waals surface area (Å²) in [6.07, 6.45) is 0.906. The summed E-state index contributed by atoms with van der Waals surface area (Å²) in [5.41, 5.74) is 0.121. The topological polar surface area (TPSA) is 9.23 Å². The van der Waals surface area contributed by atoms with Crippen LogP contribution in [0.2, 0.25) is 0 Å². The Labute approximate surface area is 52.0 Å². The van der Waals surface area contributed by atoms with Crippen molar-refractivity contribution in [2.24, 2.45) is 5.41 Å². The van der Waals surface area contributed by atoms with Gasteiger partial charge in [-0.05, 0) is 18.8 Å². The first kappa shape index (κ1) is 7.96. The van der Waals surface area contributed by atoms with Crippen molar-refractivity contribution < 1.29 is 4.74 Å². The van der Waals surface area contributed by atoms with Gasteiger partial charge in [-0.2, -0.15) is 0 Å². The van der Waals surface area contributed by atoms with Crippen molar-refractivity contribution >= 4 is 0 Å². The fourth-order valence-corrected chi connectivity index (χ4v) is 0.309. The molecule has 0 atom stereocenters. The van der Waals surface area contributed by atoms with Crippen molar-refractivity contribution in [3.05, 3.63) is 13.5 Å². The first-order valence-corrected chi connectivity index (χ1v) is 2.76. The molecular weight excluding hydrogens is 100 g/mol. The lowest BCUT2D eigenvalue weighted by Crippen LogP contribution is -2.05. The van der Waals surface area contributed by atoms with Crippen LogP contribution in [0.25, 0.3) is 0 Å². The van der Waals surface area contributed by atoms with Crippen molar-refractivity contribution in [1.29, 1.82) is 0 Å². The molecule has 0 amide bonds. The van der Waals surface area contributed by atoms with Crippen LogP contribution in [-0.4, -0.2) is 7.11 Å². The summed E-state index contributed by atoms with van der Waals surface area (Å²) in [6, 6.07) is 0. The van der Waals surface area contributed by atoms with Crippen LogP contribution >= 0.6 is 0 Å². The third-order valence-electron chi connectivity index (χ3n) is 0.803. The highest BCUT2D eigenvalue weighted by atomic mass is 16.5. The van der Waals surface area contributed by atoms with Gasteiger partial charge in [-0.1, -0.05) is 13.8 Å². The van der Waals surface area contributed by atoms with Gasteiger partial charge < -0.3 is 4.74 Å². The normalized spacial score (nSPS) is 12.0. The Morgan fingerprint density at radius 1 is 1.62 bits per heavy atom. The second kappa shape index (κ2) is 3.08. The van der Waals surface area contributed by atoms with Gasteiger partial charge >= 0.3 is 0 Å². The van der Waals surface area contributed by atoms with Crippen molar-refractivity contribution in [1.82, 2.24) is 0 Å². The zero-order chi connectivity index (χ0) is 6.62. The number of methoxy groups -OCH3 is 1. The Morgan fingerprint density at radius 2 is 2.12 bits per heavy atom. The van der Waals surface area contributed by atoms with E-state index >= 15 is 0 Å². The molecule has 1 nitrogen and oxygen atoms in total. The van der Waals surface area contributed by atoms with Gasteiger partial charge in [-0.25, -0.2) is 0 Å². The van der Waals surface area contributed by atoms with Crippen molar-refractivity contribution in [2.45, 2.75) is 20.3 Å². The maximum Gasteiger partial charge on any atom is 0.0838 e. The molecule has 0 heterocycles. The Kier molecular flexibility index (Phi) is 3.06. The minimum atomic E-state index is 0.121. The van der Waals surface area contributed by atoms with Crippen LogP contribution in [0.5, 0.6) is 0 Å². The van der Waals surface area contributed by atoms with Crippen LogP contribution in [0.1, 0.15) is 20.3 Å². The number of rotatable bonds is 3. The fraction of sp³-hybridized carbons (Fsp3) is 0.714. The summed E-state index contributed by atoms with van der Waals surface area (Å²) in [4.78, 5) is 0. The van der Waals surface area contributed by atoms with Crippen LogP contribution in [0.3, 0.4) is 0 Å². The molecule has 0 N–H and O–H groups in total. The molecule has 2 radical (unpaired) electrons. The van der Waals surface area contributed by atoms with E-state index in [0.29, 0.717) is 0 Å². The molecule has 0 saturated heterocycles. The third-order valence-corrected chi connectivity index (χ3v) is 0.803. The Hall–Kier alpha value is -0.0400. The van der Waals surface area contributed by atoms with E-state index in [4.69, 9.17) is 4.74 Å². The predicted molar refractivity (Wildman–Crippen MR) is 35.1 cm³/mol. The average molecular weight is 114 g/mol. The second-order valence-corrected chi connectivity index (χ2v) is 2.77. The molecule has 48 valence electrons. The number of hydrogen-bond acceptors (Lipinski definition) is 1. The average Bonchev–Trinajstić information content (AvgIpc) is 1.59. The molecule has 8 heavy (non-hydrogen) atoms. The number of hydrogen-bond donors (Lipinski definition) is 0. The largest absolute Gasteiger partial charge is 0.379 e. The molecule has 0 aromatic heterocycles. The lowest BCUT2D eigenvalue weighted by atomic mass is 9.93. The molecule has 0 aliphatic carbocycles. The van der Waals surface area contributed by atoms with Gasteiger partial charge in [0.05, 0.1) is 6.61 Å². The number of ether oxygens (including phenoxy) is 1. The lowest BCUT2D eigenvalue weighted by Gasteiger charge is -2.15. The van der Waals surface area contributed by atoms with E-state index in [9.17, 15) is 0 Å². The first-order chi connectivity index (χ1) is 3.56.